The van der Waals surface area contributed by atoms with Gasteiger partial charge < -0.3 is 10.4 Å². The van der Waals surface area contributed by atoms with Crippen LogP contribution in [0.5, 0.6) is 0 Å². The summed E-state index contributed by atoms with van der Waals surface area (Å²) in [6.45, 7) is -0.302. The molecule has 0 aliphatic carbocycles. The molecule has 0 saturated heterocycles. The first-order chi connectivity index (χ1) is 9.97. The molecular weight excluding hydrogens is 282 g/mol. The summed E-state index contributed by atoms with van der Waals surface area (Å²) in [7, 11) is 0. The van der Waals surface area contributed by atoms with Crippen molar-refractivity contribution in [2.75, 3.05) is 5.32 Å². The molecule has 108 valence electrons. The summed E-state index contributed by atoms with van der Waals surface area (Å²) in [6, 6.07) is 2.72. The molecule has 2 aromatic heterocycles. The number of nitrogens with one attached hydrogen (secondary N) is 1. The maximum atomic E-state index is 11.8. The Bertz CT molecular complexity index is 711. The summed E-state index contributed by atoms with van der Waals surface area (Å²) in [5.74, 6) is -1.93. The Hall–Kier alpha value is -3.30. The quantitative estimate of drug-likeness (QED) is 0.604. The molecule has 2 aromatic rings. The second-order valence-electron chi connectivity index (χ2n) is 3.91. The van der Waals surface area contributed by atoms with Crippen LogP contribution >= 0.6 is 0 Å². The van der Waals surface area contributed by atoms with Gasteiger partial charge in [0.15, 0.2) is 0 Å². The Morgan fingerprint density at radius 3 is 2.86 bits per heavy atom. The van der Waals surface area contributed by atoms with Crippen molar-refractivity contribution in [3.05, 3.63) is 46.4 Å². The van der Waals surface area contributed by atoms with Crippen molar-refractivity contribution in [3.8, 4) is 0 Å². The zero-order valence-electron chi connectivity index (χ0n) is 10.5. The molecule has 10 heteroatoms. The molecule has 2 N–H and O–H groups in total. The highest BCUT2D eigenvalue weighted by molar-refractivity contribution is 5.99. The van der Waals surface area contributed by atoms with Gasteiger partial charge in [0.1, 0.15) is 30.3 Å². The molecule has 10 nitrogen and oxygen atoms in total. The summed E-state index contributed by atoms with van der Waals surface area (Å²) in [5, 5.41) is 25.4. The number of carbonyl (C=O) groups excluding carboxylic acids is 1. The number of anilines is 1. The SMILES string of the molecule is O=C(Cn1cc([N+](=O)[O-])cn1)Nc1ncccc1C(=O)O. The summed E-state index contributed by atoms with van der Waals surface area (Å²) < 4.78 is 1.07. The first-order valence-corrected chi connectivity index (χ1v) is 5.62. The fourth-order valence-corrected chi connectivity index (χ4v) is 1.53. The van der Waals surface area contributed by atoms with Crippen LogP contribution in [-0.4, -0.2) is 36.7 Å². The van der Waals surface area contributed by atoms with E-state index in [1.54, 1.807) is 0 Å². The van der Waals surface area contributed by atoms with Gasteiger partial charge in [-0.05, 0) is 12.1 Å². The Balaban J connectivity index is 2.08. The van der Waals surface area contributed by atoms with Crippen LogP contribution in [0.25, 0.3) is 0 Å². The van der Waals surface area contributed by atoms with E-state index in [0.29, 0.717) is 0 Å². The Labute approximate surface area is 117 Å². The van der Waals surface area contributed by atoms with Crippen molar-refractivity contribution in [3.63, 3.8) is 0 Å². The van der Waals surface area contributed by atoms with Crippen molar-refractivity contribution in [1.29, 1.82) is 0 Å². The second kappa shape index (κ2) is 5.77. The van der Waals surface area contributed by atoms with Crippen molar-refractivity contribution in [2.45, 2.75) is 6.54 Å². The van der Waals surface area contributed by atoms with Crippen molar-refractivity contribution < 1.29 is 19.6 Å². The molecule has 0 bridgehead atoms. The first kappa shape index (κ1) is 14.1. The molecule has 0 radical (unpaired) electrons. The predicted octanol–water partition coefficient (Wildman–Crippen LogP) is 0.523. The van der Waals surface area contributed by atoms with E-state index >= 15 is 0 Å². The topological polar surface area (TPSA) is 140 Å². The number of aromatic carboxylic acids is 1. The van der Waals surface area contributed by atoms with E-state index in [2.05, 4.69) is 15.4 Å². The number of nitrogens with zero attached hydrogens (tertiary/aromatic N) is 4. The molecule has 0 aliphatic heterocycles. The molecule has 2 rings (SSSR count). The lowest BCUT2D eigenvalue weighted by Crippen LogP contribution is -2.21. The van der Waals surface area contributed by atoms with E-state index < -0.39 is 16.8 Å². The molecule has 1 amide bonds. The highest BCUT2D eigenvalue weighted by atomic mass is 16.6. The van der Waals surface area contributed by atoms with Crippen LogP contribution in [0.2, 0.25) is 0 Å². The van der Waals surface area contributed by atoms with Gasteiger partial charge in [0.25, 0.3) is 0 Å². The number of carbonyl (C=O) groups is 2. The van der Waals surface area contributed by atoms with Crippen LogP contribution in [0.3, 0.4) is 0 Å². The summed E-state index contributed by atoms with van der Waals surface area (Å²) in [6.07, 6.45) is 3.44. The van der Waals surface area contributed by atoms with E-state index in [4.69, 9.17) is 5.11 Å². The third-order valence-electron chi connectivity index (χ3n) is 2.43. The molecule has 0 aliphatic rings. The van der Waals surface area contributed by atoms with Crippen LogP contribution in [0, 0.1) is 10.1 Å². The summed E-state index contributed by atoms with van der Waals surface area (Å²) >= 11 is 0. The van der Waals surface area contributed by atoms with Crippen LogP contribution in [0.15, 0.2) is 30.7 Å². The minimum Gasteiger partial charge on any atom is -0.478 e. The zero-order valence-corrected chi connectivity index (χ0v) is 10.5. The van der Waals surface area contributed by atoms with Crippen molar-refractivity contribution in [1.82, 2.24) is 14.8 Å². The van der Waals surface area contributed by atoms with Crippen LogP contribution in [0.4, 0.5) is 11.5 Å². The lowest BCUT2D eigenvalue weighted by Gasteiger charge is -2.06. The lowest BCUT2D eigenvalue weighted by molar-refractivity contribution is -0.385. The first-order valence-electron chi connectivity index (χ1n) is 5.62. The van der Waals surface area contributed by atoms with Gasteiger partial charge in [-0.2, -0.15) is 5.10 Å². The highest BCUT2D eigenvalue weighted by Crippen LogP contribution is 2.12. The third kappa shape index (κ3) is 3.37. The number of pyridine rings is 1. The van der Waals surface area contributed by atoms with Gasteiger partial charge in [-0.3, -0.25) is 19.6 Å². The van der Waals surface area contributed by atoms with Gasteiger partial charge in [-0.15, -0.1) is 0 Å². The smallest absolute Gasteiger partial charge is 0.339 e. The van der Waals surface area contributed by atoms with E-state index in [9.17, 15) is 19.7 Å². The van der Waals surface area contributed by atoms with Gasteiger partial charge in [-0.1, -0.05) is 0 Å². The van der Waals surface area contributed by atoms with Crippen LogP contribution in [-0.2, 0) is 11.3 Å². The third-order valence-corrected chi connectivity index (χ3v) is 2.43. The average Bonchev–Trinajstić information content (AvgIpc) is 2.87. The Morgan fingerprint density at radius 2 is 2.24 bits per heavy atom. The molecule has 2 heterocycles. The van der Waals surface area contributed by atoms with E-state index in [1.807, 2.05) is 0 Å². The molecular formula is C11H9N5O5. The molecule has 0 unspecified atom stereocenters. The van der Waals surface area contributed by atoms with Gasteiger partial charge in [0.05, 0.1) is 4.92 Å². The van der Waals surface area contributed by atoms with Crippen molar-refractivity contribution >= 4 is 23.4 Å². The molecule has 0 spiro atoms. The number of carboxylic acid groups (broad SMARTS) is 1. The molecule has 0 fully saturated rings. The summed E-state index contributed by atoms with van der Waals surface area (Å²) in [4.78, 5) is 36.3. The van der Waals surface area contributed by atoms with Gasteiger partial charge in [0, 0.05) is 6.20 Å². The van der Waals surface area contributed by atoms with E-state index in [1.165, 1.54) is 18.3 Å². The van der Waals surface area contributed by atoms with Gasteiger partial charge >= 0.3 is 11.7 Å². The fourth-order valence-electron chi connectivity index (χ4n) is 1.53. The van der Waals surface area contributed by atoms with Gasteiger partial charge in [-0.25, -0.2) is 9.78 Å². The minimum atomic E-state index is -1.23. The fraction of sp³-hybridized carbons (Fsp3) is 0.0909. The minimum absolute atomic E-state index is 0.100. The van der Waals surface area contributed by atoms with Crippen LogP contribution in [0.1, 0.15) is 10.4 Å². The summed E-state index contributed by atoms with van der Waals surface area (Å²) in [5.41, 5.74) is -0.399. The molecule has 21 heavy (non-hydrogen) atoms. The standard InChI is InChI=1S/C11H9N5O5/c17-9(6-15-5-7(4-13-15)16(20)21)14-10-8(11(18)19)2-1-3-12-10/h1-5H,6H2,(H,18,19)(H,12,14,17). The second-order valence-corrected chi connectivity index (χ2v) is 3.91. The van der Waals surface area contributed by atoms with E-state index in [0.717, 1.165) is 17.1 Å². The average molecular weight is 291 g/mol. The number of carboxylic acids is 1. The normalized spacial score (nSPS) is 10.1. The van der Waals surface area contributed by atoms with Crippen LogP contribution < -0.4 is 5.32 Å². The molecule has 0 atom stereocenters. The Kier molecular flexibility index (Phi) is 3.88. The number of rotatable bonds is 5. The van der Waals surface area contributed by atoms with Gasteiger partial charge in [0.2, 0.25) is 5.91 Å². The maximum Gasteiger partial charge on any atom is 0.339 e. The molecule has 0 saturated carbocycles. The number of nitro groups is 1. The lowest BCUT2D eigenvalue weighted by atomic mass is 10.2. The number of hydrogen-bond donors (Lipinski definition) is 2. The predicted molar refractivity (Wildman–Crippen MR) is 68.7 cm³/mol. The van der Waals surface area contributed by atoms with E-state index in [-0.39, 0.29) is 23.6 Å². The largest absolute Gasteiger partial charge is 0.478 e. The molecule has 0 aromatic carbocycles. The number of amides is 1. The number of aromatic nitrogens is 3. The number of hydrogen-bond acceptors (Lipinski definition) is 6. The Morgan fingerprint density at radius 1 is 1.48 bits per heavy atom. The van der Waals surface area contributed by atoms with Crippen molar-refractivity contribution in [2.24, 2.45) is 0 Å². The maximum absolute atomic E-state index is 11.8. The monoisotopic (exact) mass is 291 g/mol. The zero-order chi connectivity index (χ0) is 15.4. The highest BCUT2D eigenvalue weighted by Gasteiger charge is 2.15.